The Bertz CT molecular complexity index is 378. The molecule has 1 aromatic heterocycles. The Balaban J connectivity index is 0.000000461. The molecule has 1 N–H and O–H groups in total. The van der Waals surface area contributed by atoms with Gasteiger partial charge in [-0.15, -0.1) is 0 Å². The summed E-state index contributed by atoms with van der Waals surface area (Å²) in [7, 11) is 0. The molecule has 0 radical (unpaired) electrons. The minimum absolute atomic E-state index is 1.02. The van der Waals surface area contributed by atoms with E-state index in [0.29, 0.717) is 0 Å². The Morgan fingerprint density at radius 3 is 2.64 bits per heavy atom. The molecule has 2 heteroatoms. The van der Waals surface area contributed by atoms with Crippen molar-refractivity contribution in [3.8, 4) is 0 Å². The van der Waals surface area contributed by atoms with E-state index >= 15 is 0 Å². The molecule has 0 aliphatic rings. The lowest BCUT2D eigenvalue weighted by Gasteiger charge is -1.93. The highest BCUT2D eigenvalue weighted by Crippen LogP contribution is 2.18. The van der Waals surface area contributed by atoms with E-state index in [1.54, 1.807) is 0 Å². The van der Waals surface area contributed by atoms with Gasteiger partial charge in [0.05, 0.1) is 0 Å². The Hall–Kier alpha value is -0.760. The maximum absolute atomic E-state index is 3.44. The molecule has 1 nitrogen and oxygen atoms in total. The van der Waals surface area contributed by atoms with Crippen molar-refractivity contribution in [3.05, 3.63) is 36.0 Å². The molecule has 0 bridgehead atoms. The highest BCUT2D eigenvalue weighted by molar-refractivity contribution is 9.09. The molecule has 0 fully saturated rings. The van der Waals surface area contributed by atoms with Gasteiger partial charge in [0.2, 0.25) is 0 Å². The number of alkyl halides is 1. The van der Waals surface area contributed by atoms with Crippen LogP contribution in [-0.2, 0) is 6.42 Å². The van der Waals surface area contributed by atoms with Gasteiger partial charge in [-0.05, 0) is 18.1 Å². The lowest BCUT2D eigenvalue weighted by atomic mass is 10.1. The zero-order valence-corrected chi connectivity index (χ0v) is 10.3. The van der Waals surface area contributed by atoms with Gasteiger partial charge in [0.25, 0.3) is 0 Å². The minimum Gasteiger partial charge on any atom is -0.361 e. The second-order valence-corrected chi connectivity index (χ2v) is 3.59. The number of aryl methyl sites for hydroxylation is 1. The summed E-state index contributed by atoms with van der Waals surface area (Å²) >= 11 is 3.44. The predicted octanol–water partition coefficient (Wildman–Crippen LogP) is 4.13. The normalized spacial score (nSPS) is 9.64. The third kappa shape index (κ3) is 2.38. The first-order chi connectivity index (χ1) is 6.92. The van der Waals surface area contributed by atoms with Crippen LogP contribution < -0.4 is 0 Å². The van der Waals surface area contributed by atoms with Gasteiger partial charge in [0.15, 0.2) is 0 Å². The number of aromatic nitrogens is 1. The van der Waals surface area contributed by atoms with Crippen molar-refractivity contribution in [3.63, 3.8) is 0 Å². The second kappa shape index (κ2) is 5.86. The Morgan fingerprint density at radius 1 is 1.21 bits per heavy atom. The van der Waals surface area contributed by atoms with Crippen LogP contribution in [-0.4, -0.2) is 10.3 Å². The molecule has 0 aliphatic carbocycles. The molecule has 0 saturated heterocycles. The number of para-hydroxylation sites is 1. The summed E-state index contributed by atoms with van der Waals surface area (Å²) in [5.74, 6) is 0. The summed E-state index contributed by atoms with van der Waals surface area (Å²) < 4.78 is 0. The monoisotopic (exact) mass is 253 g/mol. The van der Waals surface area contributed by atoms with E-state index < -0.39 is 0 Å². The molecule has 0 spiro atoms. The fraction of sp³-hybridized carbons (Fsp3) is 0.333. The molecule has 1 heterocycles. The molecule has 1 aromatic carbocycles. The van der Waals surface area contributed by atoms with Gasteiger partial charge in [0, 0.05) is 22.4 Å². The topological polar surface area (TPSA) is 15.8 Å². The molecule has 76 valence electrons. The average molecular weight is 254 g/mol. The number of halogens is 1. The van der Waals surface area contributed by atoms with E-state index in [4.69, 9.17) is 0 Å². The predicted molar refractivity (Wildman–Crippen MR) is 67.1 cm³/mol. The number of hydrogen-bond acceptors (Lipinski definition) is 0. The van der Waals surface area contributed by atoms with Crippen LogP contribution in [0, 0.1) is 0 Å². The molecular formula is C12H16BrN. The van der Waals surface area contributed by atoms with Crippen LogP contribution in [0.25, 0.3) is 10.9 Å². The highest BCUT2D eigenvalue weighted by Gasteiger charge is 2.00. The molecule has 0 aliphatic heterocycles. The van der Waals surface area contributed by atoms with E-state index in [2.05, 4.69) is 51.4 Å². The van der Waals surface area contributed by atoms with Gasteiger partial charge >= 0.3 is 0 Å². The Morgan fingerprint density at radius 2 is 1.93 bits per heavy atom. The lowest BCUT2D eigenvalue weighted by molar-refractivity contribution is 1.18. The summed E-state index contributed by atoms with van der Waals surface area (Å²) in [6, 6.07) is 8.39. The van der Waals surface area contributed by atoms with E-state index in [9.17, 15) is 0 Å². The van der Waals surface area contributed by atoms with Crippen molar-refractivity contribution >= 4 is 26.8 Å². The third-order valence-electron chi connectivity index (χ3n) is 2.04. The van der Waals surface area contributed by atoms with Gasteiger partial charge in [-0.25, -0.2) is 0 Å². The zero-order valence-electron chi connectivity index (χ0n) is 8.68. The molecule has 0 amide bonds. The van der Waals surface area contributed by atoms with Crippen LogP contribution in [0.5, 0.6) is 0 Å². The first kappa shape index (κ1) is 11.3. The van der Waals surface area contributed by atoms with Crippen molar-refractivity contribution in [2.45, 2.75) is 20.3 Å². The number of fused-ring (bicyclic) bond motifs is 1. The largest absolute Gasteiger partial charge is 0.361 e. The number of benzene rings is 1. The molecule has 0 unspecified atom stereocenters. The summed E-state index contributed by atoms with van der Waals surface area (Å²) in [4.78, 5) is 3.25. The maximum atomic E-state index is 3.44. The average Bonchev–Trinajstić information content (AvgIpc) is 2.66. The lowest BCUT2D eigenvalue weighted by Crippen LogP contribution is -1.81. The standard InChI is InChI=1S/C10H10BrN.C2H6/c11-6-5-8-7-12-10-4-2-1-3-9(8)10;1-2/h1-4,7,12H,5-6H2;1-2H3. The van der Waals surface area contributed by atoms with Crippen molar-refractivity contribution in [1.82, 2.24) is 4.98 Å². The smallest absolute Gasteiger partial charge is 0.0456 e. The number of hydrogen-bond donors (Lipinski definition) is 1. The fourth-order valence-corrected chi connectivity index (χ4v) is 1.87. The fourth-order valence-electron chi connectivity index (χ4n) is 1.44. The Labute approximate surface area is 93.7 Å². The van der Waals surface area contributed by atoms with E-state index in [-0.39, 0.29) is 0 Å². The van der Waals surface area contributed by atoms with E-state index in [0.717, 1.165) is 11.8 Å². The summed E-state index contributed by atoms with van der Waals surface area (Å²) in [6.07, 6.45) is 3.18. The van der Waals surface area contributed by atoms with Gasteiger partial charge < -0.3 is 4.98 Å². The highest BCUT2D eigenvalue weighted by atomic mass is 79.9. The van der Waals surface area contributed by atoms with Crippen molar-refractivity contribution in [1.29, 1.82) is 0 Å². The molecule has 2 aromatic rings. The van der Waals surface area contributed by atoms with Crippen LogP contribution in [0.15, 0.2) is 30.5 Å². The van der Waals surface area contributed by atoms with Gasteiger partial charge in [-0.3, -0.25) is 0 Å². The van der Waals surface area contributed by atoms with Crippen molar-refractivity contribution < 1.29 is 0 Å². The first-order valence-electron chi connectivity index (χ1n) is 5.03. The van der Waals surface area contributed by atoms with Gasteiger partial charge in [-0.2, -0.15) is 0 Å². The Kier molecular flexibility index (Phi) is 4.74. The summed E-state index contributed by atoms with van der Waals surface area (Å²) in [6.45, 7) is 4.00. The molecular weight excluding hydrogens is 238 g/mol. The molecule has 2 rings (SSSR count). The van der Waals surface area contributed by atoms with Crippen LogP contribution in [0.2, 0.25) is 0 Å². The van der Waals surface area contributed by atoms with E-state index in [1.165, 1.54) is 16.5 Å². The van der Waals surface area contributed by atoms with Crippen molar-refractivity contribution in [2.75, 3.05) is 5.33 Å². The minimum atomic E-state index is 1.02. The first-order valence-corrected chi connectivity index (χ1v) is 6.15. The number of aromatic amines is 1. The number of H-pyrrole nitrogens is 1. The van der Waals surface area contributed by atoms with Crippen LogP contribution in [0.3, 0.4) is 0 Å². The molecule has 0 saturated carbocycles. The summed E-state index contributed by atoms with van der Waals surface area (Å²) in [5, 5.41) is 2.37. The van der Waals surface area contributed by atoms with Crippen LogP contribution in [0.4, 0.5) is 0 Å². The van der Waals surface area contributed by atoms with Crippen LogP contribution >= 0.6 is 15.9 Å². The van der Waals surface area contributed by atoms with Crippen LogP contribution in [0.1, 0.15) is 19.4 Å². The number of nitrogens with one attached hydrogen (secondary N) is 1. The zero-order chi connectivity index (χ0) is 10.4. The summed E-state index contributed by atoms with van der Waals surface area (Å²) in [5.41, 5.74) is 2.62. The molecule has 14 heavy (non-hydrogen) atoms. The number of rotatable bonds is 2. The molecule has 0 atom stereocenters. The SMILES string of the molecule is BrCCc1c[nH]c2ccccc12.CC. The maximum Gasteiger partial charge on any atom is 0.0456 e. The van der Waals surface area contributed by atoms with Gasteiger partial charge in [0.1, 0.15) is 0 Å². The second-order valence-electron chi connectivity index (χ2n) is 2.80. The third-order valence-corrected chi connectivity index (χ3v) is 2.44. The van der Waals surface area contributed by atoms with E-state index in [1.807, 2.05) is 13.8 Å². The van der Waals surface area contributed by atoms with Gasteiger partial charge in [-0.1, -0.05) is 48.0 Å². The van der Waals surface area contributed by atoms with Crippen molar-refractivity contribution in [2.24, 2.45) is 0 Å². The quantitative estimate of drug-likeness (QED) is 0.775.